The number of carbonyl (C=O) groups excluding carboxylic acids is 1. The number of nitrogens with two attached hydrogens (primary N) is 1. The van der Waals surface area contributed by atoms with Crippen LogP contribution in [-0.4, -0.2) is 22.4 Å². The first-order chi connectivity index (χ1) is 6.61. The number of hydrogen-bond acceptors (Lipinski definition) is 4. The minimum absolute atomic E-state index is 0.206. The fourth-order valence-corrected chi connectivity index (χ4v) is 1.30. The highest BCUT2D eigenvalue weighted by atomic mass is 127. The molecule has 0 saturated carbocycles. The molecule has 1 aromatic rings. The number of nitrogens with one attached hydrogen (secondary N) is 2. The van der Waals surface area contributed by atoms with Crippen LogP contribution in [0.1, 0.15) is 6.42 Å². The number of H-pyrrole nitrogens is 1. The third kappa shape index (κ3) is 2.98. The van der Waals surface area contributed by atoms with E-state index in [1.807, 2.05) is 22.6 Å². The number of aromatic nitrogens is 2. The molecule has 0 spiro atoms. The maximum atomic E-state index is 11.1. The van der Waals surface area contributed by atoms with Crippen LogP contribution in [0, 0.1) is 3.57 Å². The van der Waals surface area contributed by atoms with Crippen molar-refractivity contribution < 1.29 is 4.79 Å². The predicted octanol–water partition coefficient (Wildman–Crippen LogP) is -0.338. The largest absolute Gasteiger partial charge is 0.370 e. The molecule has 0 saturated heterocycles. The van der Waals surface area contributed by atoms with E-state index in [0.29, 0.717) is 15.9 Å². The van der Waals surface area contributed by atoms with Gasteiger partial charge in [-0.15, -0.1) is 0 Å². The van der Waals surface area contributed by atoms with E-state index in [0.717, 1.165) is 0 Å². The molecule has 0 aliphatic carbocycles. The van der Waals surface area contributed by atoms with Crippen molar-refractivity contribution in [1.29, 1.82) is 0 Å². The van der Waals surface area contributed by atoms with Gasteiger partial charge in [-0.2, -0.15) is 0 Å². The number of halogens is 1. The average molecular weight is 308 g/mol. The Balaban J connectivity index is 2.63. The molecule has 4 N–H and O–H groups in total. The lowest BCUT2D eigenvalue weighted by Gasteiger charge is -2.04. The summed E-state index contributed by atoms with van der Waals surface area (Å²) in [5.74, 6) is 0.0768. The molecule has 0 aliphatic heterocycles. The maximum absolute atomic E-state index is 11.1. The molecule has 1 amide bonds. The number of carbonyl (C=O) groups is 1. The third-order valence-corrected chi connectivity index (χ3v) is 2.46. The van der Waals surface area contributed by atoms with Crippen LogP contribution in [0.25, 0.3) is 0 Å². The molecule has 0 atom stereocenters. The number of amides is 1. The zero-order valence-electron chi connectivity index (χ0n) is 7.21. The summed E-state index contributed by atoms with van der Waals surface area (Å²) < 4.78 is 0.467. The van der Waals surface area contributed by atoms with Crippen molar-refractivity contribution in [2.24, 2.45) is 5.73 Å². The SMILES string of the molecule is NC(=O)CCNc1nc[nH]c(=O)c1I. The predicted molar refractivity (Wildman–Crippen MR) is 59.9 cm³/mol. The summed E-state index contributed by atoms with van der Waals surface area (Å²) in [6.07, 6.45) is 1.52. The molecule has 1 aromatic heterocycles. The smallest absolute Gasteiger partial charge is 0.266 e. The molecule has 0 aliphatic rings. The molecule has 7 heteroatoms. The van der Waals surface area contributed by atoms with Crippen LogP contribution in [0.3, 0.4) is 0 Å². The van der Waals surface area contributed by atoms with Crippen molar-refractivity contribution in [2.75, 3.05) is 11.9 Å². The van der Waals surface area contributed by atoms with Gasteiger partial charge >= 0.3 is 0 Å². The van der Waals surface area contributed by atoms with Crippen LogP contribution in [0.5, 0.6) is 0 Å². The van der Waals surface area contributed by atoms with E-state index in [1.54, 1.807) is 0 Å². The van der Waals surface area contributed by atoms with Crippen molar-refractivity contribution in [2.45, 2.75) is 6.42 Å². The van der Waals surface area contributed by atoms with Crippen LogP contribution < -0.4 is 16.6 Å². The molecule has 0 bridgehead atoms. The summed E-state index contributed by atoms with van der Waals surface area (Å²) in [7, 11) is 0. The number of aromatic amines is 1. The summed E-state index contributed by atoms with van der Waals surface area (Å²) in [6, 6.07) is 0. The lowest BCUT2D eigenvalue weighted by Crippen LogP contribution is -2.19. The Hall–Kier alpha value is -1.12. The second-order valence-electron chi connectivity index (χ2n) is 2.54. The second-order valence-corrected chi connectivity index (χ2v) is 3.62. The van der Waals surface area contributed by atoms with Gasteiger partial charge in [-0.25, -0.2) is 4.98 Å². The number of rotatable bonds is 4. The summed E-state index contributed by atoms with van der Waals surface area (Å²) in [5, 5.41) is 2.85. The van der Waals surface area contributed by atoms with E-state index in [-0.39, 0.29) is 12.0 Å². The van der Waals surface area contributed by atoms with E-state index in [1.165, 1.54) is 6.33 Å². The second kappa shape index (κ2) is 4.94. The monoisotopic (exact) mass is 308 g/mol. The Labute approximate surface area is 93.4 Å². The average Bonchev–Trinajstić information content (AvgIpc) is 2.12. The van der Waals surface area contributed by atoms with E-state index >= 15 is 0 Å². The van der Waals surface area contributed by atoms with Gasteiger partial charge in [0.25, 0.3) is 5.56 Å². The molecule has 0 unspecified atom stereocenters. The zero-order chi connectivity index (χ0) is 10.6. The van der Waals surface area contributed by atoms with Crippen LogP contribution in [0.4, 0.5) is 5.82 Å². The Morgan fingerprint density at radius 2 is 2.43 bits per heavy atom. The molecule has 0 aromatic carbocycles. The Kier molecular flexibility index (Phi) is 3.86. The van der Waals surface area contributed by atoms with E-state index < -0.39 is 5.91 Å². The Morgan fingerprint density at radius 1 is 1.71 bits per heavy atom. The van der Waals surface area contributed by atoms with Crippen molar-refractivity contribution in [3.63, 3.8) is 0 Å². The fraction of sp³-hybridized carbons (Fsp3) is 0.286. The normalized spacial score (nSPS) is 9.79. The van der Waals surface area contributed by atoms with Gasteiger partial charge in [-0.3, -0.25) is 9.59 Å². The van der Waals surface area contributed by atoms with Gasteiger partial charge in [0.1, 0.15) is 9.39 Å². The van der Waals surface area contributed by atoms with Gasteiger partial charge in [-0.05, 0) is 22.6 Å². The lowest BCUT2D eigenvalue weighted by molar-refractivity contribution is -0.117. The molecule has 1 rings (SSSR count). The first-order valence-electron chi connectivity index (χ1n) is 3.86. The quantitative estimate of drug-likeness (QED) is 0.663. The standard InChI is InChI=1S/C7H9IN4O2/c8-5-6(10-2-1-4(9)13)11-3-12-7(5)14/h3H,1-2H2,(H2,9,13)(H2,10,11,12,14). The molecule has 14 heavy (non-hydrogen) atoms. The first-order valence-corrected chi connectivity index (χ1v) is 4.94. The van der Waals surface area contributed by atoms with Crippen LogP contribution in [0.2, 0.25) is 0 Å². The van der Waals surface area contributed by atoms with Gasteiger partial charge in [-0.1, -0.05) is 0 Å². The number of primary amides is 1. The van der Waals surface area contributed by atoms with Crippen molar-refractivity contribution in [3.8, 4) is 0 Å². The molecule has 0 fully saturated rings. The number of hydrogen-bond donors (Lipinski definition) is 3. The first kappa shape index (κ1) is 11.0. The van der Waals surface area contributed by atoms with Crippen LogP contribution in [-0.2, 0) is 4.79 Å². The molecular formula is C7H9IN4O2. The summed E-state index contributed by atoms with van der Waals surface area (Å²) in [5.41, 5.74) is 4.75. The fourth-order valence-electron chi connectivity index (χ4n) is 0.810. The molecule has 0 radical (unpaired) electrons. The Bertz CT molecular complexity index is 390. The van der Waals surface area contributed by atoms with Crippen LogP contribution in [0.15, 0.2) is 11.1 Å². The zero-order valence-corrected chi connectivity index (χ0v) is 9.37. The highest BCUT2D eigenvalue weighted by Gasteiger charge is 2.04. The van der Waals surface area contributed by atoms with Gasteiger partial charge in [0.2, 0.25) is 5.91 Å². The molecule has 6 nitrogen and oxygen atoms in total. The van der Waals surface area contributed by atoms with Gasteiger partial charge in [0, 0.05) is 13.0 Å². The molecular weight excluding hydrogens is 299 g/mol. The Morgan fingerprint density at radius 3 is 3.07 bits per heavy atom. The third-order valence-electron chi connectivity index (χ3n) is 1.46. The topological polar surface area (TPSA) is 101 Å². The molecule has 76 valence electrons. The summed E-state index contributed by atoms with van der Waals surface area (Å²) in [4.78, 5) is 27.9. The highest BCUT2D eigenvalue weighted by Crippen LogP contribution is 2.07. The summed E-state index contributed by atoms with van der Waals surface area (Å²) >= 11 is 1.88. The van der Waals surface area contributed by atoms with E-state index in [9.17, 15) is 9.59 Å². The number of nitrogens with zero attached hydrogens (tertiary/aromatic N) is 1. The minimum Gasteiger partial charge on any atom is -0.370 e. The van der Waals surface area contributed by atoms with Gasteiger partial charge in [0.15, 0.2) is 0 Å². The lowest BCUT2D eigenvalue weighted by atomic mass is 10.4. The van der Waals surface area contributed by atoms with Gasteiger partial charge < -0.3 is 16.0 Å². The maximum Gasteiger partial charge on any atom is 0.266 e. The van der Waals surface area contributed by atoms with Crippen LogP contribution >= 0.6 is 22.6 Å². The molecule has 1 heterocycles. The van der Waals surface area contributed by atoms with E-state index in [2.05, 4.69) is 15.3 Å². The van der Waals surface area contributed by atoms with Crippen molar-refractivity contribution >= 4 is 34.3 Å². The van der Waals surface area contributed by atoms with Crippen molar-refractivity contribution in [1.82, 2.24) is 9.97 Å². The highest BCUT2D eigenvalue weighted by molar-refractivity contribution is 14.1. The number of anilines is 1. The van der Waals surface area contributed by atoms with Gasteiger partial charge in [0.05, 0.1) is 6.33 Å². The van der Waals surface area contributed by atoms with E-state index in [4.69, 9.17) is 5.73 Å². The minimum atomic E-state index is -0.391. The van der Waals surface area contributed by atoms with Crippen molar-refractivity contribution in [3.05, 3.63) is 20.3 Å². The summed E-state index contributed by atoms with van der Waals surface area (Å²) in [6.45, 7) is 0.377.